The largest absolute Gasteiger partial charge is 0.525 e. The number of nitrogens with zero attached hydrogens (tertiary/aromatic N) is 1. The van der Waals surface area contributed by atoms with Crippen LogP contribution in [-0.4, -0.2) is 54.1 Å². The summed E-state index contributed by atoms with van der Waals surface area (Å²) in [6.07, 6.45) is 1.20. The highest BCUT2D eigenvalue weighted by atomic mass is 19.1. The summed E-state index contributed by atoms with van der Waals surface area (Å²) >= 11 is 0. The molecule has 2 heterocycles. The topological polar surface area (TPSA) is 41.9 Å². The van der Waals surface area contributed by atoms with Gasteiger partial charge in [0.2, 0.25) is 0 Å². The average Bonchev–Trinajstić information content (AvgIpc) is 2.82. The standard InChI is InChI=1S/C20H29BFNO3/c1-19(2)20(3,4)26-21(25-19)18(22)17(15-8-6-5-7-9-15)14-23-12-10-16(24)11-13-23/h5-9,16,24H,10-14H2,1-4H3. The van der Waals surface area contributed by atoms with Gasteiger partial charge in [-0.15, -0.1) is 0 Å². The fourth-order valence-corrected chi connectivity index (χ4v) is 3.33. The van der Waals surface area contributed by atoms with Crippen molar-refractivity contribution in [1.82, 2.24) is 4.90 Å². The molecule has 142 valence electrons. The molecule has 0 amide bonds. The summed E-state index contributed by atoms with van der Waals surface area (Å²) < 4.78 is 27.4. The molecule has 0 saturated carbocycles. The summed E-state index contributed by atoms with van der Waals surface area (Å²) in [7, 11) is -0.995. The molecule has 0 radical (unpaired) electrons. The molecule has 0 unspecified atom stereocenters. The lowest BCUT2D eigenvalue weighted by atomic mass is 9.82. The van der Waals surface area contributed by atoms with Crippen LogP contribution in [0.2, 0.25) is 0 Å². The van der Waals surface area contributed by atoms with E-state index in [-0.39, 0.29) is 11.8 Å². The minimum Gasteiger partial charge on any atom is -0.398 e. The molecule has 6 heteroatoms. The van der Waals surface area contributed by atoms with Crippen LogP contribution >= 0.6 is 0 Å². The Bertz CT molecular complexity index is 638. The fraction of sp³-hybridized carbons (Fsp3) is 0.600. The van der Waals surface area contributed by atoms with E-state index >= 15 is 4.39 Å². The van der Waals surface area contributed by atoms with Crippen molar-refractivity contribution in [3.8, 4) is 0 Å². The van der Waals surface area contributed by atoms with E-state index in [1.807, 2.05) is 58.0 Å². The molecule has 0 atom stereocenters. The fourth-order valence-electron chi connectivity index (χ4n) is 3.33. The van der Waals surface area contributed by atoms with E-state index in [4.69, 9.17) is 9.31 Å². The predicted molar refractivity (Wildman–Crippen MR) is 102 cm³/mol. The van der Waals surface area contributed by atoms with Gasteiger partial charge in [0.25, 0.3) is 0 Å². The highest BCUT2D eigenvalue weighted by Gasteiger charge is 2.53. The van der Waals surface area contributed by atoms with Gasteiger partial charge in [-0.05, 0) is 46.1 Å². The van der Waals surface area contributed by atoms with Crippen molar-refractivity contribution in [2.24, 2.45) is 0 Å². The lowest BCUT2D eigenvalue weighted by Crippen LogP contribution is -2.41. The van der Waals surface area contributed by atoms with Gasteiger partial charge in [0.15, 0.2) is 0 Å². The third-order valence-corrected chi connectivity index (χ3v) is 5.81. The summed E-state index contributed by atoms with van der Waals surface area (Å²) in [5.41, 5.74) is -0.0785. The Labute approximate surface area is 156 Å². The Morgan fingerprint density at radius 2 is 1.65 bits per heavy atom. The Hall–Kier alpha value is -1.21. The normalized spacial score (nSPS) is 24.6. The summed E-state index contributed by atoms with van der Waals surface area (Å²) in [6.45, 7) is 9.70. The molecular formula is C20H29BFNO3. The van der Waals surface area contributed by atoms with Gasteiger partial charge >= 0.3 is 7.12 Å². The molecule has 1 aromatic rings. The first kappa shape index (κ1) is 19.6. The Kier molecular flexibility index (Phi) is 5.59. The van der Waals surface area contributed by atoms with E-state index < -0.39 is 18.3 Å². The molecule has 3 rings (SSSR count). The van der Waals surface area contributed by atoms with E-state index in [1.54, 1.807) is 0 Å². The highest BCUT2D eigenvalue weighted by Crippen LogP contribution is 2.40. The van der Waals surface area contributed by atoms with Crippen molar-refractivity contribution < 1.29 is 18.8 Å². The van der Waals surface area contributed by atoms with Gasteiger partial charge in [0, 0.05) is 25.2 Å². The van der Waals surface area contributed by atoms with Crippen molar-refractivity contribution in [3.05, 3.63) is 41.6 Å². The average molecular weight is 361 g/mol. The summed E-state index contributed by atoms with van der Waals surface area (Å²) in [5.74, 6) is 0. The van der Waals surface area contributed by atoms with Crippen LogP contribution in [0.25, 0.3) is 5.57 Å². The van der Waals surface area contributed by atoms with Crippen LogP contribution in [0.3, 0.4) is 0 Å². The first-order valence-electron chi connectivity index (χ1n) is 9.39. The maximum atomic E-state index is 15.5. The number of hydrogen-bond donors (Lipinski definition) is 1. The van der Waals surface area contributed by atoms with E-state index in [2.05, 4.69) is 4.90 Å². The van der Waals surface area contributed by atoms with Gasteiger partial charge in [0.1, 0.15) is 5.73 Å². The van der Waals surface area contributed by atoms with Crippen molar-refractivity contribution in [2.45, 2.75) is 57.8 Å². The van der Waals surface area contributed by atoms with E-state index in [1.165, 1.54) is 0 Å². The Morgan fingerprint density at radius 1 is 1.12 bits per heavy atom. The maximum absolute atomic E-state index is 15.5. The van der Waals surface area contributed by atoms with Gasteiger partial charge < -0.3 is 14.4 Å². The second-order valence-electron chi connectivity index (χ2n) is 8.29. The third kappa shape index (κ3) is 4.04. The monoisotopic (exact) mass is 361 g/mol. The van der Waals surface area contributed by atoms with Gasteiger partial charge in [0.05, 0.1) is 17.3 Å². The number of piperidine rings is 1. The SMILES string of the molecule is CC1(C)OB(C(F)=C(CN2CCC(O)CC2)c2ccccc2)OC1(C)C. The molecule has 0 spiro atoms. The molecule has 0 bridgehead atoms. The second kappa shape index (κ2) is 7.43. The van der Waals surface area contributed by atoms with Crippen LogP contribution in [0.1, 0.15) is 46.1 Å². The van der Waals surface area contributed by atoms with Gasteiger partial charge in [-0.25, -0.2) is 4.39 Å². The highest BCUT2D eigenvalue weighted by molar-refractivity contribution is 6.55. The minimum absolute atomic E-state index is 0.247. The van der Waals surface area contributed by atoms with Gasteiger partial charge in [-0.1, -0.05) is 30.3 Å². The summed E-state index contributed by atoms with van der Waals surface area (Å²) in [6, 6.07) is 9.57. The lowest BCUT2D eigenvalue weighted by Gasteiger charge is -2.32. The van der Waals surface area contributed by atoms with E-state index in [0.29, 0.717) is 12.1 Å². The van der Waals surface area contributed by atoms with Crippen molar-refractivity contribution >= 4 is 12.7 Å². The van der Waals surface area contributed by atoms with Gasteiger partial charge in [-0.3, -0.25) is 4.90 Å². The Balaban J connectivity index is 1.88. The van der Waals surface area contributed by atoms with Crippen LogP contribution in [0.15, 0.2) is 36.1 Å². The molecule has 1 N–H and O–H groups in total. The molecular weight excluding hydrogens is 332 g/mol. The van der Waals surface area contributed by atoms with Crippen LogP contribution in [-0.2, 0) is 9.31 Å². The van der Waals surface area contributed by atoms with Crippen molar-refractivity contribution in [1.29, 1.82) is 0 Å². The molecule has 0 aromatic heterocycles. The van der Waals surface area contributed by atoms with Gasteiger partial charge in [-0.2, -0.15) is 0 Å². The summed E-state index contributed by atoms with van der Waals surface area (Å²) in [4.78, 5) is 2.18. The lowest BCUT2D eigenvalue weighted by molar-refractivity contribution is 0.00578. The number of benzene rings is 1. The minimum atomic E-state index is -0.995. The van der Waals surface area contributed by atoms with Crippen molar-refractivity contribution in [3.63, 3.8) is 0 Å². The van der Waals surface area contributed by atoms with Crippen LogP contribution in [0, 0.1) is 0 Å². The maximum Gasteiger partial charge on any atom is 0.525 e. The quantitative estimate of drug-likeness (QED) is 0.835. The molecule has 2 fully saturated rings. The molecule has 4 nitrogen and oxygen atoms in total. The van der Waals surface area contributed by atoms with Crippen molar-refractivity contribution in [2.75, 3.05) is 19.6 Å². The first-order valence-corrected chi connectivity index (χ1v) is 9.39. The smallest absolute Gasteiger partial charge is 0.398 e. The third-order valence-electron chi connectivity index (χ3n) is 5.81. The number of halogens is 1. The molecule has 26 heavy (non-hydrogen) atoms. The number of aliphatic hydroxyl groups is 1. The van der Waals surface area contributed by atoms with E-state index in [0.717, 1.165) is 31.5 Å². The zero-order valence-corrected chi connectivity index (χ0v) is 16.2. The number of likely N-dealkylation sites (tertiary alicyclic amines) is 1. The first-order chi connectivity index (χ1) is 12.2. The summed E-state index contributed by atoms with van der Waals surface area (Å²) in [5, 5.41) is 9.72. The van der Waals surface area contributed by atoms with Crippen LogP contribution < -0.4 is 0 Å². The van der Waals surface area contributed by atoms with Crippen LogP contribution in [0.5, 0.6) is 0 Å². The molecule has 2 aliphatic rings. The molecule has 0 aliphatic carbocycles. The zero-order chi connectivity index (χ0) is 18.9. The molecule has 2 saturated heterocycles. The van der Waals surface area contributed by atoms with Crippen LogP contribution in [0.4, 0.5) is 4.39 Å². The molecule has 2 aliphatic heterocycles. The Morgan fingerprint density at radius 3 is 2.19 bits per heavy atom. The number of hydrogen-bond acceptors (Lipinski definition) is 4. The van der Waals surface area contributed by atoms with E-state index in [9.17, 15) is 5.11 Å². The predicted octanol–water partition coefficient (Wildman–Crippen LogP) is 3.46. The second-order valence-corrected chi connectivity index (χ2v) is 8.29. The molecule has 1 aromatic carbocycles. The zero-order valence-electron chi connectivity index (χ0n) is 16.2. The number of aliphatic hydroxyl groups excluding tert-OH is 1. The number of rotatable bonds is 4.